The molecule has 0 aromatic heterocycles. The van der Waals surface area contributed by atoms with Crippen LogP contribution in [0.4, 0.5) is 0 Å². The largest absolute Gasteiger partial charge is 0.377 e. The van der Waals surface area contributed by atoms with Gasteiger partial charge in [0.15, 0.2) is 5.11 Å². The molecule has 0 bridgehead atoms. The van der Waals surface area contributed by atoms with E-state index >= 15 is 0 Å². The zero-order valence-electron chi connectivity index (χ0n) is 8.43. The Balaban J connectivity index is 2.22. The molecule has 1 aliphatic heterocycles. The first-order valence-corrected chi connectivity index (χ1v) is 5.38. The van der Waals surface area contributed by atoms with Gasteiger partial charge in [-0.25, -0.2) is 0 Å². The Hall–Kier alpha value is -1.13. The van der Waals surface area contributed by atoms with Crippen LogP contribution in [0.5, 0.6) is 0 Å². The predicted molar refractivity (Wildman–Crippen MR) is 63.5 cm³/mol. The summed E-state index contributed by atoms with van der Waals surface area (Å²) in [6.07, 6.45) is 0. The second kappa shape index (κ2) is 4.59. The quantitative estimate of drug-likeness (QED) is 0.727. The Morgan fingerprint density at radius 2 is 2.13 bits per heavy atom. The van der Waals surface area contributed by atoms with Gasteiger partial charge in [0.1, 0.15) is 0 Å². The lowest BCUT2D eigenvalue weighted by Crippen LogP contribution is -2.45. The molecule has 1 aliphatic rings. The summed E-state index contributed by atoms with van der Waals surface area (Å²) in [6, 6.07) is 10.3. The van der Waals surface area contributed by atoms with Gasteiger partial charge in [0.2, 0.25) is 0 Å². The highest BCUT2D eigenvalue weighted by Crippen LogP contribution is 2.23. The van der Waals surface area contributed by atoms with Gasteiger partial charge < -0.3 is 15.4 Å². The zero-order valence-corrected chi connectivity index (χ0v) is 9.24. The maximum absolute atomic E-state index is 5.70. The Labute approximate surface area is 94.8 Å². The number of thiocarbonyl (C=S) groups is 1. The summed E-state index contributed by atoms with van der Waals surface area (Å²) >= 11 is 5.04. The summed E-state index contributed by atoms with van der Waals surface area (Å²) in [5.74, 6) is 0. The number of ether oxygens (including phenoxy) is 1. The molecular weight excluding hydrogens is 208 g/mol. The summed E-state index contributed by atoms with van der Waals surface area (Å²) in [5.41, 5.74) is 6.90. The molecule has 15 heavy (non-hydrogen) atoms. The van der Waals surface area contributed by atoms with E-state index in [-0.39, 0.29) is 6.04 Å². The van der Waals surface area contributed by atoms with Crippen molar-refractivity contribution in [3.63, 3.8) is 0 Å². The van der Waals surface area contributed by atoms with Gasteiger partial charge in [-0.05, 0) is 17.8 Å². The van der Waals surface area contributed by atoms with E-state index < -0.39 is 0 Å². The van der Waals surface area contributed by atoms with Gasteiger partial charge in [0.25, 0.3) is 0 Å². The van der Waals surface area contributed by atoms with E-state index in [1.807, 2.05) is 23.1 Å². The second-order valence-electron chi connectivity index (χ2n) is 3.53. The van der Waals surface area contributed by atoms with E-state index in [9.17, 15) is 0 Å². The van der Waals surface area contributed by atoms with E-state index in [2.05, 4.69) is 12.1 Å². The number of benzene rings is 1. The van der Waals surface area contributed by atoms with Crippen molar-refractivity contribution in [2.45, 2.75) is 6.04 Å². The van der Waals surface area contributed by atoms with Crippen LogP contribution in [0.15, 0.2) is 30.3 Å². The summed E-state index contributed by atoms with van der Waals surface area (Å²) in [5, 5.41) is 0.451. The minimum absolute atomic E-state index is 0.164. The fraction of sp³-hybridized carbons (Fsp3) is 0.364. The van der Waals surface area contributed by atoms with Crippen molar-refractivity contribution in [1.82, 2.24) is 4.90 Å². The summed E-state index contributed by atoms with van der Waals surface area (Å²) in [7, 11) is 0. The first-order chi connectivity index (χ1) is 7.29. The van der Waals surface area contributed by atoms with E-state index in [1.54, 1.807) is 0 Å². The number of morpholine rings is 1. The highest BCUT2D eigenvalue weighted by molar-refractivity contribution is 7.80. The van der Waals surface area contributed by atoms with Crippen molar-refractivity contribution < 1.29 is 4.74 Å². The molecule has 0 spiro atoms. The third-order valence-corrected chi connectivity index (χ3v) is 2.83. The zero-order chi connectivity index (χ0) is 10.7. The van der Waals surface area contributed by atoms with Gasteiger partial charge in [-0.1, -0.05) is 30.3 Å². The minimum atomic E-state index is 0.164. The lowest BCUT2D eigenvalue weighted by atomic mass is 10.1. The molecule has 3 nitrogen and oxygen atoms in total. The average molecular weight is 222 g/mol. The first kappa shape index (κ1) is 10.4. The number of rotatable bonds is 1. The van der Waals surface area contributed by atoms with Crippen molar-refractivity contribution in [2.75, 3.05) is 19.8 Å². The smallest absolute Gasteiger partial charge is 0.166 e. The third-order valence-electron chi connectivity index (χ3n) is 2.60. The molecule has 2 N–H and O–H groups in total. The van der Waals surface area contributed by atoms with Gasteiger partial charge in [-0.15, -0.1) is 0 Å². The van der Waals surface area contributed by atoms with Crippen LogP contribution in [0, 0.1) is 0 Å². The Morgan fingerprint density at radius 3 is 2.80 bits per heavy atom. The summed E-state index contributed by atoms with van der Waals surface area (Å²) < 4.78 is 5.46. The Morgan fingerprint density at radius 1 is 1.40 bits per heavy atom. The minimum Gasteiger partial charge on any atom is -0.377 e. The Kier molecular flexibility index (Phi) is 3.18. The normalized spacial score (nSPS) is 21.3. The highest BCUT2D eigenvalue weighted by atomic mass is 32.1. The van der Waals surface area contributed by atoms with Gasteiger partial charge in [0.05, 0.1) is 19.3 Å². The molecule has 1 aromatic carbocycles. The number of nitrogens with two attached hydrogens (primary N) is 1. The standard InChI is InChI=1S/C11H14N2OS/c12-11(15)13-6-7-14-8-10(13)9-4-2-1-3-5-9/h1-5,10H,6-8H2,(H2,12,15)/t10-/m1/s1. The molecule has 1 atom stereocenters. The predicted octanol–water partition coefficient (Wildman–Crippen LogP) is 1.30. The summed E-state index contributed by atoms with van der Waals surface area (Å²) in [4.78, 5) is 2.02. The van der Waals surface area contributed by atoms with E-state index in [0.29, 0.717) is 18.3 Å². The van der Waals surface area contributed by atoms with Crippen molar-refractivity contribution in [3.05, 3.63) is 35.9 Å². The molecule has 0 aliphatic carbocycles. The maximum atomic E-state index is 5.70. The van der Waals surface area contributed by atoms with Crippen molar-refractivity contribution in [2.24, 2.45) is 5.73 Å². The number of hydrogen-bond donors (Lipinski definition) is 1. The molecular formula is C11H14N2OS. The van der Waals surface area contributed by atoms with Crippen molar-refractivity contribution >= 4 is 17.3 Å². The van der Waals surface area contributed by atoms with Gasteiger partial charge in [0, 0.05) is 6.54 Å². The lowest BCUT2D eigenvalue weighted by molar-refractivity contribution is 0.0264. The molecule has 2 rings (SSSR count). The van der Waals surface area contributed by atoms with Crippen LogP contribution in [-0.2, 0) is 4.74 Å². The van der Waals surface area contributed by atoms with Crippen LogP contribution in [0.25, 0.3) is 0 Å². The highest BCUT2D eigenvalue weighted by Gasteiger charge is 2.24. The van der Waals surface area contributed by atoms with Crippen molar-refractivity contribution in [1.29, 1.82) is 0 Å². The van der Waals surface area contributed by atoms with Gasteiger partial charge >= 0.3 is 0 Å². The molecule has 1 saturated heterocycles. The summed E-state index contributed by atoms with van der Waals surface area (Å²) in [6.45, 7) is 2.12. The second-order valence-corrected chi connectivity index (χ2v) is 3.95. The third kappa shape index (κ3) is 2.27. The van der Waals surface area contributed by atoms with Crippen LogP contribution >= 0.6 is 12.2 Å². The maximum Gasteiger partial charge on any atom is 0.166 e. The molecule has 80 valence electrons. The molecule has 0 amide bonds. The van der Waals surface area contributed by atoms with Crippen LogP contribution in [0.1, 0.15) is 11.6 Å². The average Bonchev–Trinajstić information content (AvgIpc) is 2.30. The topological polar surface area (TPSA) is 38.5 Å². The van der Waals surface area contributed by atoms with Gasteiger partial charge in [-0.3, -0.25) is 0 Å². The van der Waals surface area contributed by atoms with Crippen LogP contribution < -0.4 is 5.73 Å². The molecule has 0 saturated carbocycles. The molecule has 4 heteroatoms. The van der Waals surface area contributed by atoms with E-state index in [4.69, 9.17) is 22.7 Å². The monoisotopic (exact) mass is 222 g/mol. The first-order valence-electron chi connectivity index (χ1n) is 4.98. The fourth-order valence-corrected chi connectivity index (χ4v) is 2.04. The molecule has 1 heterocycles. The molecule has 1 aromatic rings. The van der Waals surface area contributed by atoms with Crippen LogP contribution in [0.2, 0.25) is 0 Å². The van der Waals surface area contributed by atoms with Crippen molar-refractivity contribution in [3.8, 4) is 0 Å². The number of hydrogen-bond acceptors (Lipinski definition) is 2. The lowest BCUT2D eigenvalue weighted by Gasteiger charge is -2.36. The number of nitrogens with zero attached hydrogens (tertiary/aromatic N) is 1. The van der Waals surface area contributed by atoms with Crippen LogP contribution in [0.3, 0.4) is 0 Å². The molecule has 1 fully saturated rings. The molecule has 0 unspecified atom stereocenters. The fourth-order valence-electron chi connectivity index (χ4n) is 1.82. The molecule has 0 radical (unpaired) electrons. The van der Waals surface area contributed by atoms with E-state index in [1.165, 1.54) is 5.56 Å². The SMILES string of the molecule is NC(=S)N1CCOC[C@@H]1c1ccccc1. The van der Waals surface area contributed by atoms with Gasteiger partial charge in [-0.2, -0.15) is 0 Å². The van der Waals surface area contributed by atoms with E-state index in [0.717, 1.165) is 6.54 Å². The Bertz CT molecular complexity index is 342. The van der Waals surface area contributed by atoms with Crippen LogP contribution in [-0.4, -0.2) is 29.8 Å².